The van der Waals surface area contributed by atoms with E-state index in [0.717, 1.165) is 12.1 Å². The minimum atomic E-state index is -3.02. The number of hydrogen-bond donors (Lipinski definition) is 1. The van der Waals surface area contributed by atoms with E-state index in [1.165, 1.54) is 6.07 Å². The first kappa shape index (κ1) is 9.85. The Labute approximate surface area is 72.6 Å². The van der Waals surface area contributed by atoms with E-state index in [0.29, 0.717) is 0 Å². The lowest BCUT2D eigenvalue weighted by Crippen LogP contribution is -2.04. The number of ether oxygens (including phenoxy) is 1. The van der Waals surface area contributed by atoms with Gasteiger partial charge in [0, 0.05) is 11.6 Å². The van der Waals surface area contributed by atoms with Crippen molar-refractivity contribution in [3.63, 3.8) is 0 Å². The molecule has 0 unspecified atom stereocenters. The van der Waals surface area contributed by atoms with Crippen LogP contribution in [0.5, 0.6) is 5.75 Å². The second-order valence-corrected chi connectivity index (χ2v) is 2.29. The molecule has 0 fully saturated rings. The molecule has 0 aliphatic rings. The van der Waals surface area contributed by atoms with Crippen LogP contribution in [0.4, 0.5) is 13.2 Å². The predicted molar refractivity (Wildman–Crippen MR) is 39.0 cm³/mol. The van der Waals surface area contributed by atoms with Crippen LogP contribution in [-0.4, -0.2) is 11.7 Å². The highest BCUT2D eigenvalue weighted by molar-refractivity contribution is 5.33. The molecule has 13 heavy (non-hydrogen) atoms. The van der Waals surface area contributed by atoms with Crippen molar-refractivity contribution in [1.29, 1.82) is 0 Å². The Morgan fingerprint density at radius 3 is 2.62 bits per heavy atom. The van der Waals surface area contributed by atoms with E-state index in [-0.39, 0.29) is 11.3 Å². The van der Waals surface area contributed by atoms with Crippen LogP contribution < -0.4 is 4.74 Å². The Balaban J connectivity index is 2.94. The van der Waals surface area contributed by atoms with Gasteiger partial charge in [0.1, 0.15) is 11.6 Å². The van der Waals surface area contributed by atoms with Gasteiger partial charge in [-0.3, -0.25) is 0 Å². The standard InChI is InChI=1S/C8H7F3O2/c9-6-2-1-5(4-12)7(3-6)13-8(10)11/h1-3,8,12H,4H2. The average molecular weight is 192 g/mol. The summed E-state index contributed by atoms with van der Waals surface area (Å²) in [4.78, 5) is 0. The van der Waals surface area contributed by atoms with Crippen LogP contribution in [0.25, 0.3) is 0 Å². The third kappa shape index (κ3) is 2.62. The fourth-order valence-electron chi connectivity index (χ4n) is 0.865. The summed E-state index contributed by atoms with van der Waals surface area (Å²) in [5.74, 6) is -1.02. The van der Waals surface area contributed by atoms with E-state index in [1.54, 1.807) is 0 Å². The minimum Gasteiger partial charge on any atom is -0.434 e. The molecule has 72 valence electrons. The van der Waals surface area contributed by atoms with Gasteiger partial charge in [0.25, 0.3) is 0 Å². The summed E-state index contributed by atoms with van der Waals surface area (Å²) in [5, 5.41) is 8.67. The Morgan fingerprint density at radius 1 is 1.38 bits per heavy atom. The fraction of sp³-hybridized carbons (Fsp3) is 0.250. The zero-order valence-electron chi connectivity index (χ0n) is 6.51. The number of alkyl halides is 2. The molecule has 0 aliphatic heterocycles. The first-order valence-electron chi connectivity index (χ1n) is 3.47. The lowest BCUT2D eigenvalue weighted by molar-refractivity contribution is -0.0510. The Kier molecular flexibility index (Phi) is 3.13. The van der Waals surface area contributed by atoms with Crippen molar-refractivity contribution in [3.8, 4) is 5.75 Å². The summed E-state index contributed by atoms with van der Waals surface area (Å²) in [6, 6.07) is 3.05. The number of rotatable bonds is 3. The van der Waals surface area contributed by atoms with Gasteiger partial charge in [-0.25, -0.2) is 4.39 Å². The van der Waals surface area contributed by atoms with E-state index >= 15 is 0 Å². The van der Waals surface area contributed by atoms with E-state index in [2.05, 4.69) is 4.74 Å². The van der Waals surface area contributed by atoms with Crippen LogP contribution in [0, 0.1) is 5.82 Å². The smallest absolute Gasteiger partial charge is 0.387 e. The van der Waals surface area contributed by atoms with Crippen molar-refractivity contribution in [2.45, 2.75) is 13.2 Å². The van der Waals surface area contributed by atoms with Gasteiger partial charge in [0.05, 0.1) is 6.61 Å². The van der Waals surface area contributed by atoms with Crippen molar-refractivity contribution in [2.24, 2.45) is 0 Å². The Morgan fingerprint density at radius 2 is 2.08 bits per heavy atom. The third-order valence-corrected chi connectivity index (χ3v) is 1.42. The second-order valence-electron chi connectivity index (χ2n) is 2.29. The van der Waals surface area contributed by atoms with Crippen LogP contribution in [-0.2, 0) is 6.61 Å². The molecular formula is C8H7F3O2. The van der Waals surface area contributed by atoms with Crippen LogP contribution >= 0.6 is 0 Å². The van der Waals surface area contributed by atoms with Crippen LogP contribution in [0.3, 0.4) is 0 Å². The van der Waals surface area contributed by atoms with E-state index in [4.69, 9.17) is 5.11 Å². The van der Waals surface area contributed by atoms with Gasteiger partial charge >= 0.3 is 6.61 Å². The molecule has 5 heteroatoms. The molecular weight excluding hydrogens is 185 g/mol. The highest BCUT2D eigenvalue weighted by Gasteiger charge is 2.09. The fourth-order valence-corrected chi connectivity index (χ4v) is 0.865. The molecule has 0 bridgehead atoms. The summed E-state index contributed by atoms with van der Waals surface area (Å²) in [7, 11) is 0. The monoisotopic (exact) mass is 192 g/mol. The van der Waals surface area contributed by atoms with Gasteiger partial charge in [-0.2, -0.15) is 8.78 Å². The average Bonchev–Trinajstić information content (AvgIpc) is 2.03. The molecule has 0 amide bonds. The topological polar surface area (TPSA) is 29.5 Å². The zero-order valence-corrected chi connectivity index (χ0v) is 6.51. The molecule has 1 aromatic rings. The van der Waals surface area contributed by atoms with Gasteiger partial charge in [-0.05, 0) is 6.07 Å². The third-order valence-electron chi connectivity index (χ3n) is 1.42. The van der Waals surface area contributed by atoms with E-state index in [1.807, 2.05) is 0 Å². The maximum atomic E-state index is 12.5. The molecule has 0 aromatic heterocycles. The number of aliphatic hydroxyl groups is 1. The SMILES string of the molecule is OCc1ccc(F)cc1OC(F)F. The van der Waals surface area contributed by atoms with Crippen LogP contribution in [0.2, 0.25) is 0 Å². The number of halogens is 3. The van der Waals surface area contributed by atoms with E-state index < -0.39 is 19.0 Å². The first-order chi connectivity index (χ1) is 6.13. The van der Waals surface area contributed by atoms with Crippen molar-refractivity contribution < 1.29 is 23.0 Å². The predicted octanol–water partition coefficient (Wildman–Crippen LogP) is 1.92. The van der Waals surface area contributed by atoms with Gasteiger partial charge in [-0.1, -0.05) is 6.07 Å². The quantitative estimate of drug-likeness (QED) is 0.792. The largest absolute Gasteiger partial charge is 0.434 e. The van der Waals surface area contributed by atoms with Gasteiger partial charge in [-0.15, -0.1) is 0 Å². The minimum absolute atomic E-state index is 0.127. The molecule has 1 aromatic carbocycles. The molecule has 1 rings (SSSR count). The van der Waals surface area contributed by atoms with Gasteiger partial charge in [0.2, 0.25) is 0 Å². The van der Waals surface area contributed by atoms with E-state index in [9.17, 15) is 13.2 Å². The molecule has 0 saturated carbocycles. The maximum Gasteiger partial charge on any atom is 0.387 e. The van der Waals surface area contributed by atoms with Gasteiger partial charge < -0.3 is 9.84 Å². The van der Waals surface area contributed by atoms with Crippen LogP contribution in [0.15, 0.2) is 18.2 Å². The number of benzene rings is 1. The zero-order chi connectivity index (χ0) is 9.84. The summed E-state index contributed by atoms with van der Waals surface area (Å²) in [5.41, 5.74) is 0.127. The highest BCUT2D eigenvalue weighted by Crippen LogP contribution is 2.21. The number of aliphatic hydroxyl groups excluding tert-OH is 1. The normalized spacial score (nSPS) is 10.5. The highest BCUT2D eigenvalue weighted by atomic mass is 19.3. The second kappa shape index (κ2) is 4.13. The lowest BCUT2D eigenvalue weighted by atomic mass is 10.2. The molecule has 1 N–H and O–H groups in total. The molecule has 0 atom stereocenters. The van der Waals surface area contributed by atoms with Gasteiger partial charge in [0.15, 0.2) is 0 Å². The summed E-state index contributed by atoms with van der Waals surface area (Å²) in [6.07, 6.45) is 0. The number of hydrogen-bond acceptors (Lipinski definition) is 2. The molecule has 0 aliphatic carbocycles. The molecule has 0 heterocycles. The summed E-state index contributed by atoms with van der Waals surface area (Å²) in [6.45, 7) is -3.49. The summed E-state index contributed by atoms with van der Waals surface area (Å²) >= 11 is 0. The first-order valence-corrected chi connectivity index (χ1v) is 3.47. The summed E-state index contributed by atoms with van der Waals surface area (Å²) < 4.78 is 40.0. The van der Waals surface area contributed by atoms with Crippen molar-refractivity contribution in [1.82, 2.24) is 0 Å². The van der Waals surface area contributed by atoms with Crippen molar-refractivity contribution in [2.75, 3.05) is 0 Å². The Bertz CT molecular complexity index is 289. The maximum absolute atomic E-state index is 12.5. The van der Waals surface area contributed by atoms with Crippen molar-refractivity contribution >= 4 is 0 Å². The van der Waals surface area contributed by atoms with Crippen molar-refractivity contribution in [3.05, 3.63) is 29.6 Å². The van der Waals surface area contributed by atoms with Crippen LogP contribution in [0.1, 0.15) is 5.56 Å². The molecule has 0 saturated heterocycles. The lowest BCUT2D eigenvalue weighted by Gasteiger charge is -2.08. The Hall–Kier alpha value is -1.23. The molecule has 0 spiro atoms. The molecule has 2 nitrogen and oxygen atoms in total. The molecule has 0 radical (unpaired) electrons.